The number of hydrogen-bond donors (Lipinski definition) is 2. The zero-order valence-corrected chi connectivity index (χ0v) is 15.5. The number of piperidine rings is 1. The molecule has 0 spiro atoms. The Labute approximate surface area is 152 Å². The van der Waals surface area contributed by atoms with E-state index in [0.717, 1.165) is 38.1 Å². The number of aliphatic imine (C=N–C) groups is 1. The summed E-state index contributed by atoms with van der Waals surface area (Å²) in [6.07, 6.45) is 8.13. The highest BCUT2D eigenvalue weighted by molar-refractivity contribution is 5.80. The minimum atomic E-state index is 0.550. The number of rotatable bonds is 6. The topological polar surface area (TPSA) is 39.7 Å². The van der Waals surface area contributed by atoms with Crippen LogP contribution < -0.4 is 10.6 Å². The van der Waals surface area contributed by atoms with Crippen molar-refractivity contribution in [3.63, 3.8) is 0 Å². The zero-order valence-electron chi connectivity index (χ0n) is 15.5. The van der Waals surface area contributed by atoms with Gasteiger partial charge in [-0.3, -0.25) is 9.89 Å². The van der Waals surface area contributed by atoms with Gasteiger partial charge in [-0.1, -0.05) is 30.3 Å². The van der Waals surface area contributed by atoms with Gasteiger partial charge in [0, 0.05) is 39.3 Å². The molecule has 0 unspecified atom stereocenters. The van der Waals surface area contributed by atoms with Gasteiger partial charge in [-0.25, -0.2) is 0 Å². The second-order valence-corrected chi connectivity index (χ2v) is 8.24. The fourth-order valence-corrected chi connectivity index (χ4v) is 4.31. The Hall–Kier alpha value is -1.55. The summed E-state index contributed by atoms with van der Waals surface area (Å²) in [5.41, 5.74) is 2.04. The number of nitrogens with one attached hydrogen (secondary N) is 2. The van der Waals surface area contributed by atoms with Crippen molar-refractivity contribution in [2.75, 3.05) is 26.7 Å². The number of hydrogen-bond acceptors (Lipinski definition) is 2. The maximum absolute atomic E-state index is 4.46. The summed E-state index contributed by atoms with van der Waals surface area (Å²) >= 11 is 0. The molecule has 4 heteroatoms. The highest BCUT2D eigenvalue weighted by Crippen LogP contribution is 2.60. The number of benzene rings is 1. The van der Waals surface area contributed by atoms with Crippen molar-refractivity contribution in [3.8, 4) is 0 Å². The summed E-state index contributed by atoms with van der Waals surface area (Å²) < 4.78 is 0. The standard InChI is InChI=1S/C21H32N4/c1-22-20(23-16-21(11-12-21)18-7-8-18)24-19-9-13-25(14-10-19)15-17-5-3-2-4-6-17/h2-6,18-19H,7-16H2,1H3,(H2,22,23,24). The van der Waals surface area contributed by atoms with Crippen LogP contribution in [0.15, 0.2) is 35.3 Å². The van der Waals surface area contributed by atoms with E-state index < -0.39 is 0 Å². The molecule has 1 aromatic rings. The molecule has 0 atom stereocenters. The Morgan fingerprint density at radius 2 is 1.84 bits per heavy atom. The SMILES string of the molecule is CN=C(NCC1(C2CC2)CC1)NC1CCN(Cc2ccccc2)CC1. The molecule has 3 aliphatic rings. The number of likely N-dealkylation sites (tertiary alicyclic amines) is 1. The fraction of sp³-hybridized carbons (Fsp3) is 0.667. The average Bonchev–Trinajstić information content (AvgIpc) is 3.55. The monoisotopic (exact) mass is 340 g/mol. The molecule has 4 nitrogen and oxygen atoms in total. The molecule has 1 aliphatic heterocycles. The van der Waals surface area contributed by atoms with Gasteiger partial charge in [0.25, 0.3) is 0 Å². The lowest BCUT2D eigenvalue weighted by Gasteiger charge is -2.33. The molecule has 0 aromatic heterocycles. The molecule has 2 saturated carbocycles. The predicted octanol–water partition coefficient (Wildman–Crippen LogP) is 3.01. The quantitative estimate of drug-likeness (QED) is 0.618. The second-order valence-electron chi connectivity index (χ2n) is 8.24. The predicted molar refractivity (Wildman–Crippen MR) is 104 cm³/mol. The van der Waals surface area contributed by atoms with Gasteiger partial charge in [-0.2, -0.15) is 0 Å². The van der Waals surface area contributed by atoms with Crippen LogP contribution in [0.25, 0.3) is 0 Å². The van der Waals surface area contributed by atoms with E-state index in [-0.39, 0.29) is 0 Å². The Morgan fingerprint density at radius 3 is 2.44 bits per heavy atom. The van der Waals surface area contributed by atoms with Crippen molar-refractivity contribution >= 4 is 5.96 Å². The van der Waals surface area contributed by atoms with E-state index in [1.165, 1.54) is 44.1 Å². The van der Waals surface area contributed by atoms with Crippen LogP contribution >= 0.6 is 0 Å². The first-order valence-corrected chi connectivity index (χ1v) is 10.0. The first-order valence-electron chi connectivity index (χ1n) is 10.0. The Bertz CT molecular complexity index is 581. The molecule has 25 heavy (non-hydrogen) atoms. The molecule has 4 rings (SSSR count). The van der Waals surface area contributed by atoms with Gasteiger partial charge in [0.15, 0.2) is 5.96 Å². The van der Waals surface area contributed by atoms with Gasteiger partial charge in [0.05, 0.1) is 0 Å². The molecule has 2 N–H and O–H groups in total. The number of guanidine groups is 1. The van der Waals surface area contributed by atoms with E-state index in [9.17, 15) is 0 Å². The minimum absolute atomic E-state index is 0.550. The number of nitrogens with zero attached hydrogens (tertiary/aromatic N) is 2. The molecular weight excluding hydrogens is 308 g/mol. The van der Waals surface area contributed by atoms with E-state index in [0.29, 0.717) is 11.5 Å². The summed E-state index contributed by atoms with van der Waals surface area (Å²) in [6.45, 7) is 4.51. The van der Waals surface area contributed by atoms with Crippen LogP contribution in [-0.2, 0) is 6.54 Å². The molecule has 2 aliphatic carbocycles. The molecule has 0 amide bonds. The van der Waals surface area contributed by atoms with Crippen LogP contribution in [-0.4, -0.2) is 43.6 Å². The van der Waals surface area contributed by atoms with Crippen molar-refractivity contribution in [1.82, 2.24) is 15.5 Å². The lowest BCUT2D eigenvalue weighted by molar-refractivity contribution is 0.198. The van der Waals surface area contributed by atoms with Crippen LogP contribution in [0.2, 0.25) is 0 Å². The van der Waals surface area contributed by atoms with Gasteiger partial charge >= 0.3 is 0 Å². The minimum Gasteiger partial charge on any atom is -0.356 e. The summed E-state index contributed by atoms with van der Waals surface area (Å²) in [4.78, 5) is 7.03. The summed E-state index contributed by atoms with van der Waals surface area (Å²) in [5.74, 6) is 2.01. The first kappa shape index (κ1) is 16.9. The van der Waals surface area contributed by atoms with Crippen molar-refractivity contribution in [3.05, 3.63) is 35.9 Å². The van der Waals surface area contributed by atoms with Gasteiger partial charge in [0.1, 0.15) is 0 Å². The van der Waals surface area contributed by atoms with E-state index in [1.807, 2.05) is 7.05 Å². The fourth-order valence-electron chi connectivity index (χ4n) is 4.31. The van der Waals surface area contributed by atoms with E-state index in [4.69, 9.17) is 0 Å². The van der Waals surface area contributed by atoms with E-state index >= 15 is 0 Å². The zero-order chi connectivity index (χ0) is 17.1. The third-order valence-electron chi connectivity index (χ3n) is 6.34. The van der Waals surface area contributed by atoms with Crippen molar-refractivity contribution < 1.29 is 0 Å². The third kappa shape index (κ3) is 4.35. The normalized spacial score (nSPS) is 24.1. The molecule has 1 aromatic carbocycles. The van der Waals surface area contributed by atoms with Gasteiger partial charge in [-0.15, -0.1) is 0 Å². The van der Waals surface area contributed by atoms with Crippen LogP contribution in [0.1, 0.15) is 44.1 Å². The molecule has 1 saturated heterocycles. The molecule has 0 radical (unpaired) electrons. The Balaban J connectivity index is 1.19. The second kappa shape index (κ2) is 7.36. The summed E-state index contributed by atoms with van der Waals surface area (Å²) in [6, 6.07) is 11.4. The highest BCUT2D eigenvalue weighted by Gasteiger charge is 2.53. The highest BCUT2D eigenvalue weighted by atomic mass is 15.2. The first-order chi connectivity index (χ1) is 12.3. The van der Waals surface area contributed by atoms with Crippen molar-refractivity contribution in [2.45, 2.75) is 51.1 Å². The van der Waals surface area contributed by atoms with Crippen molar-refractivity contribution in [1.29, 1.82) is 0 Å². The lowest BCUT2D eigenvalue weighted by atomic mass is 10.0. The average molecular weight is 341 g/mol. The molecule has 1 heterocycles. The van der Waals surface area contributed by atoms with Crippen LogP contribution in [0.5, 0.6) is 0 Å². The maximum atomic E-state index is 4.46. The van der Waals surface area contributed by atoms with E-state index in [1.54, 1.807) is 0 Å². The van der Waals surface area contributed by atoms with E-state index in [2.05, 4.69) is 50.9 Å². The Morgan fingerprint density at radius 1 is 1.12 bits per heavy atom. The summed E-state index contributed by atoms with van der Waals surface area (Å²) in [7, 11) is 1.90. The Kier molecular flexibility index (Phi) is 4.98. The molecule has 0 bridgehead atoms. The van der Waals surface area contributed by atoms with Crippen LogP contribution in [0.4, 0.5) is 0 Å². The van der Waals surface area contributed by atoms with Gasteiger partial charge in [-0.05, 0) is 55.4 Å². The smallest absolute Gasteiger partial charge is 0.191 e. The van der Waals surface area contributed by atoms with Crippen molar-refractivity contribution in [2.24, 2.45) is 16.3 Å². The molecule has 3 fully saturated rings. The van der Waals surface area contributed by atoms with Crippen LogP contribution in [0.3, 0.4) is 0 Å². The third-order valence-corrected chi connectivity index (χ3v) is 6.34. The lowest BCUT2D eigenvalue weighted by Crippen LogP contribution is -2.49. The molecule has 136 valence electrons. The van der Waals surface area contributed by atoms with Gasteiger partial charge < -0.3 is 10.6 Å². The largest absolute Gasteiger partial charge is 0.356 e. The molecular formula is C21H32N4. The van der Waals surface area contributed by atoms with Gasteiger partial charge in [0.2, 0.25) is 0 Å². The maximum Gasteiger partial charge on any atom is 0.191 e. The van der Waals surface area contributed by atoms with Crippen LogP contribution in [0, 0.1) is 11.3 Å². The summed E-state index contributed by atoms with van der Waals surface area (Å²) in [5, 5.41) is 7.28.